The summed E-state index contributed by atoms with van der Waals surface area (Å²) >= 11 is 0. The number of hydrogen-bond donors (Lipinski definition) is 2. The monoisotopic (exact) mass is 653 g/mol. The molecule has 47 heavy (non-hydrogen) atoms. The highest BCUT2D eigenvalue weighted by Crippen LogP contribution is 2.49. The van der Waals surface area contributed by atoms with Crippen LogP contribution in [0.3, 0.4) is 0 Å². The fourth-order valence-electron chi connectivity index (χ4n) is 8.73. The van der Waals surface area contributed by atoms with Crippen LogP contribution >= 0.6 is 0 Å². The van der Waals surface area contributed by atoms with Gasteiger partial charge in [0.2, 0.25) is 0 Å². The van der Waals surface area contributed by atoms with Crippen LogP contribution in [0.25, 0.3) is 22.2 Å². The van der Waals surface area contributed by atoms with Crippen LogP contribution in [-0.4, -0.2) is 69.8 Å². The van der Waals surface area contributed by atoms with E-state index in [1.165, 1.54) is 6.20 Å². The molecule has 6 heterocycles. The lowest BCUT2D eigenvalue weighted by Gasteiger charge is -2.42. The van der Waals surface area contributed by atoms with Crippen LogP contribution in [0, 0.1) is 24.5 Å². The Kier molecular flexibility index (Phi) is 6.70. The van der Waals surface area contributed by atoms with E-state index in [0.29, 0.717) is 50.8 Å². The van der Waals surface area contributed by atoms with E-state index in [2.05, 4.69) is 38.2 Å². The molecule has 5 fully saturated rings. The quantitative estimate of drug-likeness (QED) is 0.192. The Bertz CT molecular complexity index is 1840. The van der Waals surface area contributed by atoms with Crippen molar-refractivity contribution < 1.29 is 26.7 Å². The number of alkyl halides is 3. The number of aromatic nitrogens is 3. The highest BCUT2D eigenvalue weighted by atomic mass is 19.4. The molecule has 4 saturated heterocycles. The van der Waals surface area contributed by atoms with Gasteiger partial charge in [0.05, 0.1) is 27.7 Å². The zero-order valence-electron chi connectivity index (χ0n) is 26.1. The minimum atomic E-state index is -5.00. The maximum atomic E-state index is 16.7. The average Bonchev–Trinajstić information content (AvgIpc) is 3.69. The lowest BCUT2D eigenvalue weighted by atomic mass is 9.90. The number of nitrogen functional groups attached to an aromatic ring is 1. The first-order valence-corrected chi connectivity index (χ1v) is 16.0. The number of anilines is 2. The maximum Gasteiger partial charge on any atom is 0.417 e. The molecule has 1 saturated carbocycles. The topological polar surface area (TPSA) is 92.4 Å². The number of fused-ring (bicyclic) bond motifs is 4. The third-order valence-electron chi connectivity index (χ3n) is 10.8. The first-order valence-electron chi connectivity index (χ1n) is 16.0. The van der Waals surface area contributed by atoms with Crippen molar-refractivity contribution in [1.82, 2.24) is 25.2 Å². The molecule has 3 aromatic rings. The molecule has 13 heteroatoms. The predicted molar refractivity (Wildman–Crippen MR) is 168 cm³/mol. The van der Waals surface area contributed by atoms with E-state index in [4.69, 9.17) is 15.5 Å². The number of nitrogens with one attached hydrogen (secondary N) is 1. The molecule has 8 nitrogen and oxygen atoms in total. The molecular weight excluding hydrogens is 617 g/mol. The van der Waals surface area contributed by atoms with E-state index in [9.17, 15) is 13.2 Å². The molecule has 1 aliphatic carbocycles. The van der Waals surface area contributed by atoms with E-state index in [0.717, 1.165) is 49.8 Å². The smallest absolute Gasteiger partial charge is 0.417 e. The number of aryl methyl sites for hydroxylation is 1. The van der Waals surface area contributed by atoms with Crippen LogP contribution in [-0.2, 0) is 6.18 Å². The second-order valence-corrected chi connectivity index (χ2v) is 14.3. The van der Waals surface area contributed by atoms with Crippen molar-refractivity contribution in [2.24, 2.45) is 5.92 Å². The number of benzene rings is 1. The molecule has 0 radical (unpaired) electrons. The van der Waals surface area contributed by atoms with E-state index in [-0.39, 0.29) is 46.2 Å². The molecule has 248 valence electrons. The molecule has 3 N–H and O–H groups in total. The van der Waals surface area contributed by atoms with Crippen molar-refractivity contribution in [3.05, 3.63) is 59.3 Å². The fourth-order valence-corrected chi connectivity index (χ4v) is 8.73. The van der Waals surface area contributed by atoms with Crippen molar-refractivity contribution in [3.8, 4) is 17.3 Å². The Labute approximate surface area is 268 Å². The van der Waals surface area contributed by atoms with Crippen molar-refractivity contribution >= 4 is 22.4 Å². The van der Waals surface area contributed by atoms with Gasteiger partial charge in [0.15, 0.2) is 11.6 Å². The van der Waals surface area contributed by atoms with Gasteiger partial charge in [0.1, 0.15) is 23.6 Å². The van der Waals surface area contributed by atoms with Crippen LogP contribution in [0.2, 0.25) is 0 Å². The summed E-state index contributed by atoms with van der Waals surface area (Å²) < 4.78 is 81.3. The summed E-state index contributed by atoms with van der Waals surface area (Å²) in [4.78, 5) is 17.7. The normalized spacial score (nSPS) is 25.7. The lowest BCUT2D eigenvalue weighted by Crippen LogP contribution is -2.61. The number of halogens is 5. The number of piperazine rings is 1. The molecule has 2 atom stereocenters. The number of nitrogens with zero attached hydrogens (tertiary/aromatic N) is 5. The van der Waals surface area contributed by atoms with Gasteiger partial charge in [-0.25, -0.2) is 8.78 Å². The zero-order chi connectivity index (χ0) is 33.0. The van der Waals surface area contributed by atoms with Crippen LogP contribution in [0.5, 0.6) is 6.01 Å². The summed E-state index contributed by atoms with van der Waals surface area (Å²) in [5.74, 6) is -1.68. The molecule has 8 rings (SSSR count). The van der Waals surface area contributed by atoms with Crippen LogP contribution in [0.4, 0.5) is 33.5 Å². The molecule has 2 unspecified atom stereocenters. The Morgan fingerprint density at radius 2 is 1.81 bits per heavy atom. The van der Waals surface area contributed by atoms with Gasteiger partial charge < -0.3 is 20.7 Å². The van der Waals surface area contributed by atoms with Crippen LogP contribution in [0.1, 0.15) is 49.7 Å². The predicted octanol–water partition coefficient (Wildman–Crippen LogP) is 5.94. The summed E-state index contributed by atoms with van der Waals surface area (Å²) in [6, 6.07) is 0.981. The van der Waals surface area contributed by atoms with Gasteiger partial charge in [0.25, 0.3) is 0 Å². The Balaban J connectivity index is 1.27. The van der Waals surface area contributed by atoms with E-state index < -0.39 is 40.3 Å². The first-order chi connectivity index (χ1) is 22.3. The Hall–Kier alpha value is -3.84. The molecule has 0 amide bonds. The van der Waals surface area contributed by atoms with Gasteiger partial charge in [-0.3, -0.25) is 9.88 Å². The van der Waals surface area contributed by atoms with E-state index >= 15 is 8.78 Å². The zero-order valence-corrected chi connectivity index (χ0v) is 26.1. The molecule has 5 aliphatic rings. The SMILES string of the molecule is C=C1CN2CC(=C)CC2(COc2nc(N3CC4CCC(C5CC5)(C3)N4)c3cnc(-c4c(F)c(N)cc(C)c4C(F)(F)F)c(F)c3n2)C1. The third kappa shape index (κ3) is 4.87. The largest absolute Gasteiger partial charge is 0.461 e. The second kappa shape index (κ2) is 10.3. The Morgan fingerprint density at radius 3 is 2.49 bits per heavy atom. The molecular formula is C34H36F5N7O. The second-order valence-electron chi connectivity index (χ2n) is 14.3. The molecule has 2 aromatic heterocycles. The minimum Gasteiger partial charge on any atom is -0.461 e. The van der Waals surface area contributed by atoms with Gasteiger partial charge >= 0.3 is 12.2 Å². The van der Waals surface area contributed by atoms with E-state index in [1.54, 1.807) is 0 Å². The summed E-state index contributed by atoms with van der Waals surface area (Å²) in [6.07, 6.45) is 1.92. The molecule has 2 bridgehead atoms. The summed E-state index contributed by atoms with van der Waals surface area (Å²) in [5, 5.41) is 4.03. The van der Waals surface area contributed by atoms with Crippen molar-refractivity contribution in [2.75, 3.05) is 43.4 Å². The molecule has 4 aliphatic heterocycles. The lowest BCUT2D eigenvalue weighted by molar-refractivity contribution is -0.137. The van der Waals surface area contributed by atoms with Crippen LogP contribution < -0.4 is 20.7 Å². The third-order valence-corrected chi connectivity index (χ3v) is 10.8. The molecule has 1 aromatic carbocycles. The number of nitrogens with two attached hydrogens (primary N) is 1. The number of hydrogen-bond acceptors (Lipinski definition) is 8. The van der Waals surface area contributed by atoms with Crippen molar-refractivity contribution in [1.29, 1.82) is 0 Å². The number of ether oxygens (including phenoxy) is 1. The van der Waals surface area contributed by atoms with Gasteiger partial charge in [-0.15, -0.1) is 0 Å². The standard InChI is InChI=1S/C34H36F5N7O/c1-17-9-32(10-18(2)13-46(32)12-17)16-47-31-42-28-22(30(43-31)45-14-21-6-7-33(15-45,44-21)20-4-5-20)11-41-29(27(28)36)24-25(34(37,38)39)19(3)8-23(40)26(24)35/h8,11,20-21,44H,1-2,4-7,9-10,12-16,40H2,3H3. The van der Waals surface area contributed by atoms with Gasteiger partial charge in [-0.05, 0) is 63.0 Å². The molecule has 0 spiro atoms. The number of rotatable bonds is 6. The van der Waals surface area contributed by atoms with Crippen molar-refractivity contribution in [2.45, 2.75) is 68.7 Å². The highest BCUT2D eigenvalue weighted by molar-refractivity contribution is 5.92. The summed E-state index contributed by atoms with van der Waals surface area (Å²) in [6.45, 7) is 12.3. The fraction of sp³-hybridized carbons (Fsp3) is 0.500. The first kappa shape index (κ1) is 30.5. The van der Waals surface area contributed by atoms with E-state index in [1.807, 2.05) is 0 Å². The summed E-state index contributed by atoms with van der Waals surface area (Å²) in [7, 11) is 0. The van der Waals surface area contributed by atoms with Crippen molar-refractivity contribution in [3.63, 3.8) is 0 Å². The Morgan fingerprint density at radius 1 is 1.09 bits per heavy atom. The minimum absolute atomic E-state index is 0.0924. The van der Waals surface area contributed by atoms with Gasteiger partial charge in [0, 0.05) is 44.0 Å². The van der Waals surface area contributed by atoms with Crippen LogP contribution in [0.15, 0.2) is 36.6 Å². The highest BCUT2D eigenvalue weighted by Gasteiger charge is 2.53. The van der Waals surface area contributed by atoms with Gasteiger partial charge in [-0.1, -0.05) is 24.3 Å². The van der Waals surface area contributed by atoms with Gasteiger partial charge in [-0.2, -0.15) is 23.1 Å². The number of pyridine rings is 1. The average molecular weight is 654 g/mol. The maximum absolute atomic E-state index is 16.7. The summed E-state index contributed by atoms with van der Waals surface area (Å²) in [5.41, 5.74) is 3.02.